The van der Waals surface area contributed by atoms with Gasteiger partial charge in [-0.3, -0.25) is 4.79 Å². The molecule has 0 unspecified atom stereocenters. The highest BCUT2D eigenvalue weighted by molar-refractivity contribution is 8.01. The minimum absolute atomic E-state index is 0.0262. The molecule has 0 radical (unpaired) electrons. The first kappa shape index (κ1) is 36.8. The van der Waals surface area contributed by atoms with E-state index in [1.54, 1.807) is 35.2 Å². The monoisotopic (exact) mass is 744 g/mol. The number of aliphatic hydroxyl groups excluding tert-OH is 1. The lowest BCUT2D eigenvalue weighted by Gasteiger charge is -2.36. The number of aromatic nitrogens is 2. The number of nitrogens with zero attached hydrogens (tertiary/aromatic N) is 2. The second kappa shape index (κ2) is 17.0. The summed E-state index contributed by atoms with van der Waals surface area (Å²) in [5.41, 5.74) is 5.27. The van der Waals surface area contributed by atoms with Crippen LogP contribution in [0.4, 0.5) is 0 Å². The van der Waals surface area contributed by atoms with Crippen molar-refractivity contribution in [2.45, 2.75) is 73.6 Å². The Morgan fingerprint density at radius 2 is 1.57 bits per heavy atom. The van der Waals surface area contributed by atoms with Crippen LogP contribution >= 0.6 is 23.1 Å². The summed E-state index contributed by atoms with van der Waals surface area (Å²) in [6.07, 6.45) is -0.123. The van der Waals surface area contributed by atoms with Crippen LogP contribution in [0.15, 0.2) is 112 Å². The molecule has 0 bridgehead atoms. The second-order valence-corrected chi connectivity index (χ2v) is 16.5. The van der Waals surface area contributed by atoms with Crippen molar-refractivity contribution >= 4 is 39.0 Å². The molecule has 4 atom stereocenters. The Morgan fingerprint density at radius 1 is 0.882 bits per heavy atom. The Labute approximate surface area is 306 Å². The topological polar surface area (TPSA) is 140 Å². The molecule has 6 rings (SSSR count). The zero-order chi connectivity index (χ0) is 35.8. The maximum atomic E-state index is 13.5. The Kier molecular flexibility index (Phi) is 12.3. The highest BCUT2D eigenvalue weighted by Gasteiger charge is 2.33. The van der Waals surface area contributed by atoms with Crippen molar-refractivity contribution < 1.29 is 27.8 Å². The van der Waals surface area contributed by atoms with E-state index in [4.69, 9.17) is 9.47 Å². The normalized spacial score (nSPS) is 18.3. The smallest absolute Gasteiger partial charge is 0.241 e. The van der Waals surface area contributed by atoms with Gasteiger partial charge in [0.15, 0.2) is 10.6 Å². The first-order valence-corrected chi connectivity index (χ1v) is 19.9. The van der Waals surface area contributed by atoms with Crippen LogP contribution in [0.5, 0.6) is 0 Å². The van der Waals surface area contributed by atoms with Gasteiger partial charge in [-0.05, 0) is 54.7 Å². The van der Waals surface area contributed by atoms with Gasteiger partial charge < -0.3 is 19.9 Å². The molecule has 266 valence electrons. The molecule has 1 aliphatic heterocycles. The van der Waals surface area contributed by atoms with E-state index in [1.807, 2.05) is 92.7 Å². The van der Waals surface area contributed by atoms with Crippen molar-refractivity contribution in [3.8, 4) is 0 Å². The lowest BCUT2D eigenvalue weighted by Crippen LogP contribution is -2.47. The third kappa shape index (κ3) is 10.1. The highest BCUT2D eigenvalue weighted by atomic mass is 32.2. The van der Waals surface area contributed by atoms with E-state index in [0.29, 0.717) is 12.2 Å². The summed E-state index contributed by atoms with van der Waals surface area (Å²) in [5, 5.41) is 21.7. The van der Waals surface area contributed by atoms with E-state index in [0.717, 1.165) is 42.7 Å². The molecule has 1 amide bonds. The molecule has 1 fully saturated rings. The average Bonchev–Trinajstić information content (AvgIpc) is 3.58. The van der Waals surface area contributed by atoms with E-state index in [2.05, 4.69) is 20.2 Å². The molecule has 1 aromatic heterocycles. The molecule has 3 N–H and O–H groups in total. The zero-order valence-corrected chi connectivity index (χ0v) is 30.7. The fourth-order valence-electron chi connectivity index (χ4n) is 5.64. The number of hydrogen-bond acceptors (Lipinski definition) is 10. The molecule has 0 spiro atoms. The van der Waals surface area contributed by atoms with Crippen LogP contribution < -0.4 is 10.0 Å². The number of aliphatic hydroxyl groups is 1. The van der Waals surface area contributed by atoms with E-state index in [9.17, 15) is 18.3 Å². The van der Waals surface area contributed by atoms with Gasteiger partial charge in [-0.15, -0.1) is 10.2 Å². The van der Waals surface area contributed by atoms with Crippen LogP contribution in [0.25, 0.3) is 0 Å². The lowest BCUT2D eigenvalue weighted by molar-refractivity contribution is -0.245. The number of carbonyl (C=O) groups excluding carboxylic acids is 1. The third-order valence-electron chi connectivity index (χ3n) is 8.46. The SMILES string of the molecule is Cc1ccc(S(=O)(=O)N[C@H](Cc2ccccc2)C(=O)NCc2ccc([C@H]3O[C@@H](CSc4nnc(C)s4)C[C@@H](c4ccc(CO)cc4)O3)cc2)cc1. The molecule has 13 heteroatoms. The van der Waals surface area contributed by atoms with E-state index >= 15 is 0 Å². The minimum Gasteiger partial charge on any atom is -0.392 e. The summed E-state index contributed by atoms with van der Waals surface area (Å²) >= 11 is 3.17. The van der Waals surface area contributed by atoms with Crippen molar-refractivity contribution in [2.24, 2.45) is 0 Å². The number of amides is 1. The summed E-state index contributed by atoms with van der Waals surface area (Å²) in [4.78, 5) is 13.6. The maximum Gasteiger partial charge on any atom is 0.241 e. The predicted octanol–water partition coefficient (Wildman–Crippen LogP) is 6.19. The van der Waals surface area contributed by atoms with Gasteiger partial charge in [-0.25, -0.2) is 8.42 Å². The molecule has 51 heavy (non-hydrogen) atoms. The van der Waals surface area contributed by atoms with Gasteiger partial charge in [-0.1, -0.05) is 120 Å². The van der Waals surface area contributed by atoms with Gasteiger partial charge in [0.25, 0.3) is 0 Å². The number of ether oxygens (including phenoxy) is 2. The second-order valence-electron chi connectivity index (χ2n) is 12.4. The first-order valence-electron chi connectivity index (χ1n) is 16.6. The maximum absolute atomic E-state index is 13.5. The van der Waals surface area contributed by atoms with Gasteiger partial charge in [0.1, 0.15) is 11.0 Å². The third-order valence-corrected chi connectivity index (χ3v) is 12.1. The first-order chi connectivity index (χ1) is 24.6. The summed E-state index contributed by atoms with van der Waals surface area (Å²) in [7, 11) is -3.95. The molecule has 5 aromatic rings. The van der Waals surface area contributed by atoms with Crippen molar-refractivity contribution in [2.75, 3.05) is 5.75 Å². The molecular formula is C38H40N4O6S3. The number of aryl methyl sites for hydroxylation is 2. The standard InChI is InChI=1S/C38H40N4O6S3/c1-25-8-18-33(19-9-25)51(45,46)42-34(20-27-6-4-3-5-7-27)36(44)39-22-28-10-16-31(17-11-28)37-47-32(24-49-38-41-40-26(2)50-38)21-35(48-37)30-14-12-29(23-43)13-15-30/h3-19,32,34-35,37,42-43H,20-24H2,1-2H3,(H,39,44)/t32-,34-,35+,37+/m1/s1. The molecule has 1 saturated heterocycles. The molecule has 4 aromatic carbocycles. The van der Waals surface area contributed by atoms with Crippen molar-refractivity contribution in [1.29, 1.82) is 0 Å². The van der Waals surface area contributed by atoms with Crippen LogP contribution in [0, 0.1) is 13.8 Å². The van der Waals surface area contributed by atoms with E-state index in [1.165, 1.54) is 12.1 Å². The van der Waals surface area contributed by atoms with Gasteiger partial charge in [0.05, 0.1) is 23.7 Å². The average molecular weight is 745 g/mol. The number of rotatable bonds is 14. The van der Waals surface area contributed by atoms with Crippen molar-refractivity contribution in [1.82, 2.24) is 20.2 Å². The Bertz CT molecular complexity index is 1990. The lowest BCUT2D eigenvalue weighted by atomic mass is 10.0. The van der Waals surface area contributed by atoms with Crippen molar-refractivity contribution in [3.05, 3.63) is 142 Å². The van der Waals surface area contributed by atoms with Crippen LogP contribution in [0.1, 0.15) is 57.2 Å². The Balaban J connectivity index is 1.13. The Morgan fingerprint density at radius 3 is 2.24 bits per heavy atom. The fraction of sp³-hybridized carbons (Fsp3) is 0.289. The molecule has 0 aliphatic carbocycles. The summed E-state index contributed by atoms with van der Waals surface area (Å²) < 4.78 is 43.0. The number of nitrogens with one attached hydrogen (secondary N) is 2. The number of benzene rings is 4. The zero-order valence-electron chi connectivity index (χ0n) is 28.3. The van der Waals surface area contributed by atoms with Crippen LogP contribution in [-0.2, 0) is 43.9 Å². The van der Waals surface area contributed by atoms with Gasteiger partial charge in [0, 0.05) is 24.3 Å². The van der Waals surface area contributed by atoms with E-state index < -0.39 is 28.3 Å². The highest BCUT2D eigenvalue weighted by Crippen LogP contribution is 2.39. The van der Waals surface area contributed by atoms with Gasteiger partial charge in [0.2, 0.25) is 15.9 Å². The van der Waals surface area contributed by atoms with Crippen LogP contribution in [-0.4, -0.2) is 47.5 Å². The van der Waals surface area contributed by atoms with E-state index in [-0.39, 0.29) is 36.7 Å². The van der Waals surface area contributed by atoms with Crippen LogP contribution in [0.3, 0.4) is 0 Å². The van der Waals surface area contributed by atoms with Gasteiger partial charge >= 0.3 is 0 Å². The largest absolute Gasteiger partial charge is 0.392 e. The molecular weight excluding hydrogens is 705 g/mol. The molecule has 10 nitrogen and oxygen atoms in total. The predicted molar refractivity (Wildman–Crippen MR) is 198 cm³/mol. The van der Waals surface area contributed by atoms with Crippen molar-refractivity contribution in [3.63, 3.8) is 0 Å². The quantitative estimate of drug-likeness (QED) is 0.114. The summed E-state index contributed by atoms with van der Waals surface area (Å²) in [6, 6.07) is 30.2. The number of hydrogen-bond donors (Lipinski definition) is 3. The minimum atomic E-state index is -3.95. The summed E-state index contributed by atoms with van der Waals surface area (Å²) in [5.74, 6) is 0.250. The summed E-state index contributed by atoms with van der Waals surface area (Å²) in [6.45, 7) is 3.99. The molecule has 1 aliphatic rings. The number of thioether (sulfide) groups is 1. The molecule has 2 heterocycles. The van der Waals surface area contributed by atoms with Crippen LogP contribution in [0.2, 0.25) is 0 Å². The number of sulfonamides is 1. The van der Waals surface area contributed by atoms with Gasteiger partial charge in [-0.2, -0.15) is 4.72 Å². The Hall–Kier alpha value is -3.95. The molecule has 0 saturated carbocycles. The fourth-order valence-corrected chi connectivity index (χ4v) is 8.69. The number of carbonyl (C=O) groups is 1.